The normalized spacial score (nSPS) is 19.4. The molecule has 0 saturated carbocycles. The number of carbonyl (C=O) groups is 1. The van der Waals surface area contributed by atoms with Crippen LogP contribution in [0, 0.1) is 5.92 Å². The van der Waals surface area contributed by atoms with Crippen molar-refractivity contribution in [2.75, 3.05) is 6.61 Å². The minimum atomic E-state index is -0.640. The van der Waals surface area contributed by atoms with E-state index < -0.39 is 12.6 Å². The number of pyridine rings is 1. The molecule has 0 aliphatic carbocycles. The number of esters is 1. The summed E-state index contributed by atoms with van der Waals surface area (Å²) in [4.78, 5) is 16.4. The summed E-state index contributed by atoms with van der Waals surface area (Å²) in [6, 6.07) is 3.71. The second-order valence-electron chi connectivity index (χ2n) is 8.87. The van der Waals surface area contributed by atoms with Gasteiger partial charge >= 0.3 is 5.97 Å². The minimum absolute atomic E-state index is 0.117. The standard InChI is InChI=1S/C27H43NO4/c1-3-4-5-6-7-8-9-10-11-12-13-14-15-16-18-23(2)26(29)31-25-22-30-27(32-25)24-19-17-20-28-21-24/h10-11,17,19-21,23,25,27H,3-9,12-16,18,22H2,1-2H3/b11-10-. The van der Waals surface area contributed by atoms with Crippen LogP contribution in [0.1, 0.15) is 109 Å². The Morgan fingerprint density at radius 2 is 1.78 bits per heavy atom. The largest absolute Gasteiger partial charge is 0.433 e. The summed E-state index contributed by atoms with van der Waals surface area (Å²) < 4.78 is 16.7. The minimum Gasteiger partial charge on any atom is -0.433 e. The summed E-state index contributed by atoms with van der Waals surface area (Å²) >= 11 is 0. The summed E-state index contributed by atoms with van der Waals surface area (Å²) in [6.07, 6.45) is 23.0. The van der Waals surface area contributed by atoms with E-state index in [1.165, 1.54) is 64.2 Å². The van der Waals surface area contributed by atoms with E-state index >= 15 is 0 Å². The van der Waals surface area contributed by atoms with Gasteiger partial charge in [-0.25, -0.2) is 0 Å². The van der Waals surface area contributed by atoms with Crippen LogP contribution in [0.15, 0.2) is 36.7 Å². The Bertz CT molecular complexity index is 634. The first-order valence-corrected chi connectivity index (χ1v) is 12.7. The van der Waals surface area contributed by atoms with Gasteiger partial charge in [0, 0.05) is 18.0 Å². The highest BCUT2D eigenvalue weighted by Gasteiger charge is 2.31. The predicted octanol–water partition coefficient (Wildman–Crippen LogP) is 7.28. The number of hydrogen-bond donors (Lipinski definition) is 0. The van der Waals surface area contributed by atoms with Gasteiger partial charge in [-0.05, 0) is 38.2 Å². The molecule has 5 heteroatoms. The third-order valence-corrected chi connectivity index (χ3v) is 5.91. The highest BCUT2D eigenvalue weighted by Crippen LogP contribution is 2.27. The molecule has 0 spiro atoms. The maximum absolute atomic E-state index is 12.3. The highest BCUT2D eigenvalue weighted by atomic mass is 16.8. The summed E-state index contributed by atoms with van der Waals surface area (Å²) in [5.74, 6) is -0.323. The first-order chi connectivity index (χ1) is 15.7. The molecule has 1 aliphatic heterocycles. The van der Waals surface area contributed by atoms with Crippen LogP contribution < -0.4 is 0 Å². The van der Waals surface area contributed by atoms with Gasteiger partial charge in [0.2, 0.25) is 6.29 Å². The maximum Gasteiger partial charge on any atom is 0.311 e. The summed E-state index contributed by atoms with van der Waals surface area (Å²) in [5.41, 5.74) is 0.830. The molecule has 1 aromatic heterocycles. The van der Waals surface area contributed by atoms with E-state index in [1.807, 2.05) is 19.1 Å². The van der Waals surface area contributed by atoms with E-state index in [2.05, 4.69) is 24.1 Å². The van der Waals surface area contributed by atoms with Crippen molar-refractivity contribution in [3.05, 3.63) is 42.2 Å². The quantitative estimate of drug-likeness (QED) is 0.143. The lowest BCUT2D eigenvalue weighted by Gasteiger charge is -2.15. The third-order valence-electron chi connectivity index (χ3n) is 5.91. The molecule has 180 valence electrons. The van der Waals surface area contributed by atoms with Crippen LogP contribution in [0.25, 0.3) is 0 Å². The van der Waals surface area contributed by atoms with Crippen LogP contribution in [0.4, 0.5) is 0 Å². The van der Waals surface area contributed by atoms with Gasteiger partial charge in [-0.2, -0.15) is 0 Å². The van der Waals surface area contributed by atoms with Crippen LogP contribution in [0.5, 0.6) is 0 Å². The molecule has 1 saturated heterocycles. The van der Waals surface area contributed by atoms with Gasteiger partial charge in [0.15, 0.2) is 6.29 Å². The van der Waals surface area contributed by atoms with Gasteiger partial charge in [0.25, 0.3) is 0 Å². The van der Waals surface area contributed by atoms with Gasteiger partial charge in [0.1, 0.15) is 6.61 Å². The van der Waals surface area contributed by atoms with Crippen LogP contribution in [0.3, 0.4) is 0 Å². The third kappa shape index (κ3) is 11.2. The average Bonchev–Trinajstić information content (AvgIpc) is 3.28. The molecule has 0 N–H and O–H groups in total. The molecule has 5 nitrogen and oxygen atoms in total. The number of allylic oxidation sites excluding steroid dienone is 2. The van der Waals surface area contributed by atoms with Gasteiger partial charge < -0.3 is 14.2 Å². The molecule has 1 aliphatic rings. The molecule has 2 heterocycles. The van der Waals surface area contributed by atoms with Gasteiger partial charge in [0.05, 0.1) is 5.92 Å². The van der Waals surface area contributed by atoms with Crippen molar-refractivity contribution in [3.8, 4) is 0 Å². The summed E-state index contributed by atoms with van der Waals surface area (Å²) in [6.45, 7) is 4.45. The fourth-order valence-electron chi connectivity index (χ4n) is 3.84. The van der Waals surface area contributed by atoms with Crippen molar-refractivity contribution >= 4 is 5.97 Å². The number of carbonyl (C=O) groups excluding carboxylic acids is 1. The zero-order valence-electron chi connectivity index (χ0n) is 20.2. The lowest BCUT2D eigenvalue weighted by molar-refractivity contribution is -0.181. The smallest absolute Gasteiger partial charge is 0.311 e. The zero-order chi connectivity index (χ0) is 22.9. The van der Waals surface area contributed by atoms with E-state index in [0.717, 1.165) is 24.8 Å². The molecule has 0 amide bonds. The van der Waals surface area contributed by atoms with Crippen LogP contribution >= 0.6 is 0 Å². The van der Waals surface area contributed by atoms with E-state index in [1.54, 1.807) is 12.4 Å². The van der Waals surface area contributed by atoms with Crippen molar-refractivity contribution in [3.63, 3.8) is 0 Å². The molecule has 3 unspecified atom stereocenters. The van der Waals surface area contributed by atoms with Crippen molar-refractivity contribution < 1.29 is 19.0 Å². The number of aromatic nitrogens is 1. The topological polar surface area (TPSA) is 57.7 Å². The average molecular weight is 446 g/mol. The molecule has 0 bridgehead atoms. The Labute approximate surface area is 194 Å². The van der Waals surface area contributed by atoms with E-state index in [9.17, 15) is 4.79 Å². The molecule has 0 aromatic carbocycles. The van der Waals surface area contributed by atoms with Gasteiger partial charge in [-0.1, -0.05) is 83.4 Å². The van der Waals surface area contributed by atoms with E-state index in [-0.39, 0.29) is 18.5 Å². The molecular formula is C27H43NO4. The van der Waals surface area contributed by atoms with Crippen molar-refractivity contribution in [2.45, 2.75) is 110 Å². The van der Waals surface area contributed by atoms with E-state index in [0.29, 0.717) is 0 Å². The lowest BCUT2D eigenvalue weighted by atomic mass is 10.0. The molecule has 0 radical (unpaired) electrons. The Morgan fingerprint density at radius 1 is 1.09 bits per heavy atom. The monoisotopic (exact) mass is 445 g/mol. The van der Waals surface area contributed by atoms with Crippen molar-refractivity contribution in [2.24, 2.45) is 5.92 Å². The Kier molecular flexibility index (Phi) is 14.0. The Hall–Kier alpha value is -1.72. The molecular weight excluding hydrogens is 402 g/mol. The Balaban J connectivity index is 1.43. The fourth-order valence-corrected chi connectivity index (χ4v) is 3.84. The summed E-state index contributed by atoms with van der Waals surface area (Å²) in [7, 11) is 0. The molecule has 1 fully saturated rings. The van der Waals surface area contributed by atoms with Crippen LogP contribution in [0.2, 0.25) is 0 Å². The first kappa shape index (κ1) is 26.5. The number of rotatable bonds is 17. The van der Waals surface area contributed by atoms with Crippen LogP contribution in [-0.4, -0.2) is 23.9 Å². The second kappa shape index (κ2) is 16.8. The number of hydrogen-bond acceptors (Lipinski definition) is 5. The maximum atomic E-state index is 12.3. The number of ether oxygens (including phenoxy) is 3. The molecule has 2 rings (SSSR count). The second-order valence-corrected chi connectivity index (χ2v) is 8.87. The zero-order valence-corrected chi connectivity index (χ0v) is 20.2. The van der Waals surface area contributed by atoms with Gasteiger partial charge in [-0.15, -0.1) is 0 Å². The predicted molar refractivity (Wildman–Crippen MR) is 128 cm³/mol. The lowest BCUT2D eigenvalue weighted by Crippen LogP contribution is -2.24. The number of nitrogens with zero attached hydrogens (tertiary/aromatic N) is 1. The molecule has 32 heavy (non-hydrogen) atoms. The summed E-state index contributed by atoms with van der Waals surface area (Å²) in [5, 5.41) is 0. The Morgan fingerprint density at radius 3 is 2.47 bits per heavy atom. The number of unbranched alkanes of at least 4 members (excludes halogenated alkanes) is 10. The first-order valence-electron chi connectivity index (χ1n) is 12.7. The van der Waals surface area contributed by atoms with Crippen molar-refractivity contribution in [1.29, 1.82) is 0 Å². The molecule has 1 aromatic rings. The van der Waals surface area contributed by atoms with Crippen molar-refractivity contribution in [1.82, 2.24) is 4.98 Å². The van der Waals surface area contributed by atoms with Crippen LogP contribution in [-0.2, 0) is 19.0 Å². The highest BCUT2D eigenvalue weighted by molar-refractivity contribution is 5.72. The fraction of sp³-hybridized carbons (Fsp3) is 0.704. The SMILES string of the molecule is CCCCCCCC/C=C\CCCCCCC(C)C(=O)OC1COC(c2cccnc2)O1. The van der Waals surface area contributed by atoms with Gasteiger partial charge in [-0.3, -0.25) is 9.78 Å². The van der Waals surface area contributed by atoms with E-state index in [4.69, 9.17) is 14.2 Å². The molecule has 3 atom stereocenters.